The number of oxime groups is 1. The number of benzene rings is 2. The molecule has 0 aromatic heterocycles. The van der Waals surface area contributed by atoms with E-state index in [0.29, 0.717) is 6.61 Å². The highest BCUT2D eigenvalue weighted by Gasteiger charge is 1.91. The maximum absolute atomic E-state index is 9.25. The molecule has 0 saturated heterocycles. The zero-order chi connectivity index (χ0) is 11.9. The molecule has 0 heterocycles. The Hall–Kier alpha value is -2.29. The summed E-state index contributed by atoms with van der Waals surface area (Å²) in [6.07, 6.45) is 1.57. The second-order valence-corrected chi connectivity index (χ2v) is 3.59. The van der Waals surface area contributed by atoms with E-state index in [1.165, 1.54) is 0 Å². The van der Waals surface area contributed by atoms with Crippen LogP contribution in [0.2, 0.25) is 0 Å². The van der Waals surface area contributed by atoms with Crippen LogP contribution in [0.5, 0.6) is 5.75 Å². The predicted molar refractivity (Wildman–Crippen MR) is 66.9 cm³/mol. The van der Waals surface area contributed by atoms with Gasteiger partial charge < -0.3 is 9.94 Å². The maximum Gasteiger partial charge on any atom is 0.142 e. The minimum atomic E-state index is 0.219. The molecule has 17 heavy (non-hydrogen) atoms. The second kappa shape index (κ2) is 5.70. The van der Waals surface area contributed by atoms with E-state index in [9.17, 15) is 5.11 Å². The van der Waals surface area contributed by atoms with Crippen molar-refractivity contribution in [2.75, 3.05) is 0 Å². The van der Waals surface area contributed by atoms with Crippen LogP contribution in [0.25, 0.3) is 0 Å². The fourth-order valence-corrected chi connectivity index (χ4v) is 1.39. The van der Waals surface area contributed by atoms with Gasteiger partial charge in [-0.15, -0.1) is 0 Å². The van der Waals surface area contributed by atoms with E-state index in [1.54, 1.807) is 24.4 Å². The van der Waals surface area contributed by atoms with Crippen LogP contribution in [0.3, 0.4) is 0 Å². The molecule has 0 unspecified atom stereocenters. The molecule has 0 bridgehead atoms. The number of nitrogens with zero attached hydrogens (tertiary/aromatic N) is 1. The molecule has 0 saturated carbocycles. The third-order valence-electron chi connectivity index (χ3n) is 2.22. The van der Waals surface area contributed by atoms with Crippen LogP contribution in [-0.4, -0.2) is 11.3 Å². The number of aromatic hydroxyl groups is 1. The SMILES string of the molecule is Oc1cccc(C=NOCc2ccccc2)c1. The number of phenols is 1. The zero-order valence-electron chi connectivity index (χ0n) is 9.28. The molecule has 3 heteroatoms. The minimum absolute atomic E-state index is 0.219. The average Bonchev–Trinajstić information content (AvgIpc) is 2.36. The van der Waals surface area contributed by atoms with E-state index in [1.807, 2.05) is 36.4 Å². The Balaban J connectivity index is 1.86. The van der Waals surface area contributed by atoms with Gasteiger partial charge >= 0.3 is 0 Å². The van der Waals surface area contributed by atoms with Crippen molar-refractivity contribution in [2.24, 2.45) is 5.16 Å². The highest BCUT2D eigenvalue weighted by molar-refractivity contribution is 5.79. The van der Waals surface area contributed by atoms with Gasteiger partial charge in [-0.3, -0.25) is 0 Å². The first-order chi connectivity index (χ1) is 8.34. The average molecular weight is 227 g/mol. The van der Waals surface area contributed by atoms with Crippen LogP contribution >= 0.6 is 0 Å². The molecule has 0 amide bonds. The Bertz CT molecular complexity index is 495. The molecule has 0 aliphatic rings. The Morgan fingerprint density at radius 2 is 1.88 bits per heavy atom. The van der Waals surface area contributed by atoms with E-state index in [2.05, 4.69) is 5.16 Å². The number of hydrogen-bond acceptors (Lipinski definition) is 3. The minimum Gasteiger partial charge on any atom is -0.508 e. The highest BCUT2D eigenvalue weighted by Crippen LogP contribution is 2.09. The summed E-state index contributed by atoms with van der Waals surface area (Å²) in [7, 11) is 0. The lowest BCUT2D eigenvalue weighted by molar-refractivity contribution is 0.132. The van der Waals surface area contributed by atoms with Crippen molar-refractivity contribution < 1.29 is 9.94 Å². The lowest BCUT2D eigenvalue weighted by Crippen LogP contribution is -1.87. The summed E-state index contributed by atoms with van der Waals surface area (Å²) in [6.45, 7) is 0.441. The quantitative estimate of drug-likeness (QED) is 0.644. The first kappa shape index (κ1) is 11.2. The summed E-state index contributed by atoms with van der Waals surface area (Å²) in [5.41, 5.74) is 1.87. The summed E-state index contributed by atoms with van der Waals surface area (Å²) in [6, 6.07) is 16.7. The van der Waals surface area contributed by atoms with Gasteiger partial charge in [0.05, 0.1) is 6.21 Å². The van der Waals surface area contributed by atoms with Crippen LogP contribution in [0.4, 0.5) is 0 Å². The van der Waals surface area contributed by atoms with Gasteiger partial charge in [0.25, 0.3) is 0 Å². The summed E-state index contributed by atoms with van der Waals surface area (Å²) in [5.74, 6) is 0.219. The standard InChI is InChI=1S/C14H13NO2/c16-14-8-4-7-13(9-14)10-15-17-11-12-5-2-1-3-6-12/h1-10,16H,11H2. The summed E-state index contributed by atoms with van der Waals surface area (Å²) in [4.78, 5) is 5.15. The van der Waals surface area contributed by atoms with Gasteiger partial charge in [-0.1, -0.05) is 47.6 Å². The van der Waals surface area contributed by atoms with Crippen molar-refractivity contribution >= 4 is 6.21 Å². The smallest absolute Gasteiger partial charge is 0.142 e. The van der Waals surface area contributed by atoms with E-state index in [-0.39, 0.29) is 5.75 Å². The maximum atomic E-state index is 9.25. The van der Waals surface area contributed by atoms with Crippen molar-refractivity contribution in [1.82, 2.24) is 0 Å². The first-order valence-electron chi connectivity index (χ1n) is 5.33. The molecule has 3 nitrogen and oxygen atoms in total. The lowest BCUT2D eigenvalue weighted by Gasteiger charge is -1.99. The predicted octanol–water partition coefficient (Wildman–Crippen LogP) is 2.94. The van der Waals surface area contributed by atoms with Gasteiger partial charge in [-0.05, 0) is 23.3 Å². The fourth-order valence-electron chi connectivity index (χ4n) is 1.39. The van der Waals surface area contributed by atoms with Gasteiger partial charge in [0.1, 0.15) is 12.4 Å². The zero-order valence-corrected chi connectivity index (χ0v) is 9.28. The van der Waals surface area contributed by atoms with Gasteiger partial charge in [0.2, 0.25) is 0 Å². The Kier molecular flexibility index (Phi) is 3.76. The summed E-state index contributed by atoms with van der Waals surface area (Å²) < 4.78 is 0. The van der Waals surface area contributed by atoms with Crippen LogP contribution in [0.1, 0.15) is 11.1 Å². The van der Waals surface area contributed by atoms with Gasteiger partial charge in [-0.2, -0.15) is 0 Å². The molecule has 1 N–H and O–H groups in total. The van der Waals surface area contributed by atoms with Crippen LogP contribution < -0.4 is 0 Å². The largest absolute Gasteiger partial charge is 0.508 e. The molecule has 0 radical (unpaired) electrons. The van der Waals surface area contributed by atoms with E-state index in [0.717, 1.165) is 11.1 Å². The molecule has 0 fully saturated rings. The Morgan fingerprint density at radius 1 is 1.06 bits per heavy atom. The third-order valence-corrected chi connectivity index (χ3v) is 2.22. The highest BCUT2D eigenvalue weighted by atomic mass is 16.6. The first-order valence-corrected chi connectivity index (χ1v) is 5.33. The molecule has 2 rings (SSSR count). The van der Waals surface area contributed by atoms with Crippen LogP contribution in [-0.2, 0) is 11.4 Å². The van der Waals surface area contributed by atoms with E-state index in [4.69, 9.17) is 4.84 Å². The van der Waals surface area contributed by atoms with Crippen molar-refractivity contribution in [1.29, 1.82) is 0 Å². The molecule has 0 aliphatic carbocycles. The van der Waals surface area contributed by atoms with Crippen molar-refractivity contribution in [2.45, 2.75) is 6.61 Å². The summed E-state index contributed by atoms with van der Waals surface area (Å²) in [5, 5.41) is 13.1. The Labute approximate surface area is 100.0 Å². The molecule has 2 aromatic carbocycles. The topological polar surface area (TPSA) is 41.8 Å². The molecular weight excluding hydrogens is 214 g/mol. The number of rotatable bonds is 4. The molecular formula is C14H13NO2. The van der Waals surface area contributed by atoms with Crippen LogP contribution in [0.15, 0.2) is 59.8 Å². The summed E-state index contributed by atoms with van der Waals surface area (Å²) >= 11 is 0. The van der Waals surface area contributed by atoms with Crippen molar-refractivity contribution in [3.63, 3.8) is 0 Å². The Morgan fingerprint density at radius 3 is 2.65 bits per heavy atom. The van der Waals surface area contributed by atoms with E-state index < -0.39 is 0 Å². The third kappa shape index (κ3) is 3.65. The fraction of sp³-hybridized carbons (Fsp3) is 0.0714. The van der Waals surface area contributed by atoms with Gasteiger partial charge in [0, 0.05) is 0 Å². The monoisotopic (exact) mass is 227 g/mol. The molecule has 0 spiro atoms. The number of hydrogen-bond donors (Lipinski definition) is 1. The van der Waals surface area contributed by atoms with E-state index >= 15 is 0 Å². The number of phenolic OH excluding ortho intramolecular Hbond substituents is 1. The van der Waals surface area contributed by atoms with Gasteiger partial charge in [-0.25, -0.2) is 0 Å². The molecule has 0 atom stereocenters. The lowest BCUT2D eigenvalue weighted by atomic mass is 10.2. The second-order valence-electron chi connectivity index (χ2n) is 3.59. The van der Waals surface area contributed by atoms with Crippen LogP contribution in [0, 0.1) is 0 Å². The van der Waals surface area contributed by atoms with Crippen molar-refractivity contribution in [3.05, 3.63) is 65.7 Å². The molecule has 86 valence electrons. The normalized spacial score (nSPS) is 10.6. The molecule has 0 aliphatic heterocycles. The van der Waals surface area contributed by atoms with Crippen molar-refractivity contribution in [3.8, 4) is 5.75 Å². The molecule has 2 aromatic rings. The van der Waals surface area contributed by atoms with Gasteiger partial charge in [0.15, 0.2) is 0 Å².